The van der Waals surface area contributed by atoms with E-state index in [4.69, 9.17) is 10.5 Å². The zero-order valence-corrected chi connectivity index (χ0v) is 18.2. The summed E-state index contributed by atoms with van der Waals surface area (Å²) >= 11 is 0. The number of methoxy groups -OCH3 is 1. The minimum absolute atomic E-state index is 0.267. The minimum atomic E-state index is -0.673. The Labute approximate surface area is 172 Å². The number of anilines is 1. The van der Waals surface area contributed by atoms with Crippen LogP contribution in [-0.4, -0.2) is 37.3 Å². The molecule has 0 aliphatic rings. The van der Waals surface area contributed by atoms with E-state index < -0.39 is 5.60 Å². The molecule has 3 rings (SSSR count). The predicted molar refractivity (Wildman–Crippen MR) is 115 cm³/mol. The summed E-state index contributed by atoms with van der Waals surface area (Å²) < 4.78 is 7.64. The lowest BCUT2D eigenvalue weighted by Crippen LogP contribution is -2.18. The van der Waals surface area contributed by atoms with E-state index in [0.717, 1.165) is 58.6 Å². The van der Waals surface area contributed by atoms with Crippen LogP contribution < -0.4 is 10.5 Å². The van der Waals surface area contributed by atoms with Crippen LogP contribution in [0.15, 0.2) is 12.4 Å². The first-order valence-corrected chi connectivity index (χ1v) is 9.94. The van der Waals surface area contributed by atoms with Gasteiger partial charge in [-0.05, 0) is 59.4 Å². The maximum absolute atomic E-state index is 10.0. The van der Waals surface area contributed by atoms with Crippen molar-refractivity contribution in [2.75, 3.05) is 12.8 Å². The number of pyridine rings is 1. The number of hydrogen-bond acceptors (Lipinski definition) is 6. The molecule has 0 saturated carbocycles. The van der Waals surface area contributed by atoms with E-state index in [1.807, 2.05) is 40.8 Å². The Bertz CT molecular complexity index is 1030. The van der Waals surface area contributed by atoms with Gasteiger partial charge >= 0.3 is 0 Å². The van der Waals surface area contributed by atoms with Gasteiger partial charge in [-0.2, -0.15) is 4.98 Å². The van der Waals surface area contributed by atoms with Crippen LogP contribution >= 0.6 is 0 Å². The summed E-state index contributed by atoms with van der Waals surface area (Å²) in [5.74, 6) is 1.13. The highest BCUT2D eigenvalue weighted by Crippen LogP contribution is 2.29. The molecule has 3 N–H and O–H groups in total. The van der Waals surface area contributed by atoms with Crippen molar-refractivity contribution in [1.29, 1.82) is 0 Å². The largest absolute Gasteiger partial charge is 0.496 e. The average Bonchev–Trinajstić information content (AvgIpc) is 2.94. The molecule has 3 aromatic heterocycles. The Kier molecular flexibility index (Phi) is 5.80. The Morgan fingerprint density at radius 3 is 2.59 bits per heavy atom. The van der Waals surface area contributed by atoms with E-state index >= 15 is 0 Å². The monoisotopic (exact) mass is 397 g/mol. The van der Waals surface area contributed by atoms with Crippen LogP contribution in [0.4, 0.5) is 5.95 Å². The van der Waals surface area contributed by atoms with E-state index in [0.29, 0.717) is 6.54 Å². The molecule has 0 saturated heterocycles. The first-order chi connectivity index (χ1) is 13.6. The summed E-state index contributed by atoms with van der Waals surface area (Å²) in [5.41, 5.74) is 11.1. The molecule has 0 spiro atoms. The first kappa shape index (κ1) is 21.0. The number of fused-ring (bicyclic) bond motifs is 1. The van der Waals surface area contributed by atoms with E-state index in [1.165, 1.54) is 5.56 Å². The summed E-state index contributed by atoms with van der Waals surface area (Å²) in [7, 11) is 1.68. The Morgan fingerprint density at radius 1 is 1.21 bits per heavy atom. The van der Waals surface area contributed by atoms with Crippen LogP contribution in [0.2, 0.25) is 0 Å². The summed E-state index contributed by atoms with van der Waals surface area (Å²) in [6.07, 6.45) is 6.40. The van der Waals surface area contributed by atoms with Crippen molar-refractivity contribution < 1.29 is 9.84 Å². The fourth-order valence-corrected chi connectivity index (χ4v) is 3.89. The third-order valence-electron chi connectivity index (χ3n) is 5.30. The van der Waals surface area contributed by atoms with Crippen LogP contribution in [0.3, 0.4) is 0 Å². The molecule has 7 nitrogen and oxygen atoms in total. The van der Waals surface area contributed by atoms with Crippen molar-refractivity contribution in [1.82, 2.24) is 19.5 Å². The number of aromatic nitrogens is 4. The van der Waals surface area contributed by atoms with E-state index in [9.17, 15) is 5.11 Å². The molecule has 0 bridgehead atoms. The Balaban J connectivity index is 2.02. The molecule has 3 heterocycles. The SMILES string of the molecule is COc1c(C)cnc(Cn2cc(CCCC(C)(C)O)c3c(C)nc(N)nc32)c1C. The zero-order chi connectivity index (χ0) is 21.3. The molecule has 0 radical (unpaired) electrons. The van der Waals surface area contributed by atoms with Gasteiger partial charge in [0.25, 0.3) is 0 Å². The van der Waals surface area contributed by atoms with E-state index in [1.54, 1.807) is 7.11 Å². The molecule has 7 heteroatoms. The Hall–Kier alpha value is -2.67. The van der Waals surface area contributed by atoms with Crippen LogP contribution in [0.5, 0.6) is 5.75 Å². The van der Waals surface area contributed by atoms with Crippen LogP contribution in [-0.2, 0) is 13.0 Å². The number of aliphatic hydroxyl groups is 1. The second-order valence-corrected chi connectivity index (χ2v) is 8.36. The van der Waals surface area contributed by atoms with Gasteiger partial charge in [0.05, 0.1) is 30.6 Å². The molecule has 0 amide bonds. The number of nitrogen functional groups attached to an aromatic ring is 1. The minimum Gasteiger partial charge on any atom is -0.496 e. The standard InChI is InChI=1S/C22H31N5O2/c1-13-10-24-17(14(2)19(13)29-6)12-27-11-16(8-7-9-22(4,5)28)18-15(3)25-21(23)26-20(18)27/h10-11,28H,7-9,12H2,1-6H3,(H2,23,25,26). The number of nitrogens with zero attached hydrogens (tertiary/aromatic N) is 4. The molecule has 0 unspecified atom stereocenters. The topological polar surface area (TPSA) is 99.1 Å². The lowest BCUT2D eigenvalue weighted by Gasteiger charge is -2.16. The average molecular weight is 398 g/mol. The number of rotatable bonds is 7. The third kappa shape index (κ3) is 4.50. The van der Waals surface area contributed by atoms with Crippen LogP contribution in [0.1, 0.15) is 54.8 Å². The lowest BCUT2D eigenvalue weighted by molar-refractivity contribution is 0.0689. The first-order valence-electron chi connectivity index (χ1n) is 9.94. The maximum Gasteiger partial charge on any atom is 0.222 e. The number of nitrogens with two attached hydrogens (primary N) is 1. The van der Waals surface area contributed by atoms with Gasteiger partial charge in [0.2, 0.25) is 5.95 Å². The molecule has 0 atom stereocenters. The van der Waals surface area contributed by atoms with Crippen molar-refractivity contribution in [3.63, 3.8) is 0 Å². The molecule has 0 fully saturated rings. The molecular formula is C22H31N5O2. The zero-order valence-electron chi connectivity index (χ0n) is 18.2. The van der Waals surface area contributed by atoms with Gasteiger partial charge in [-0.15, -0.1) is 0 Å². The summed E-state index contributed by atoms with van der Waals surface area (Å²) in [5, 5.41) is 11.1. The third-order valence-corrected chi connectivity index (χ3v) is 5.30. The van der Waals surface area contributed by atoms with Gasteiger partial charge in [0.15, 0.2) is 0 Å². The van der Waals surface area contributed by atoms with Gasteiger partial charge in [-0.25, -0.2) is 4.98 Å². The van der Waals surface area contributed by atoms with Crippen molar-refractivity contribution in [3.05, 3.63) is 40.5 Å². The normalized spacial score (nSPS) is 12.0. The fraction of sp³-hybridized carbons (Fsp3) is 0.500. The fourth-order valence-electron chi connectivity index (χ4n) is 3.89. The highest BCUT2D eigenvalue weighted by atomic mass is 16.5. The molecule has 29 heavy (non-hydrogen) atoms. The molecule has 0 aliphatic heterocycles. The predicted octanol–water partition coefficient (Wildman–Crippen LogP) is 3.48. The molecule has 156 valence electrons. The van der Waals surface area contributed by atoms with E-state index in [2.05, 4.69) is 25.7 Å². The summed E-state index contributed by atoms with van der Waals surface area (Å²) in [6.45, 7) is 10.2. The highest BCUT2D eigenvalue weighted by molar-refractivity contribution is 5.83. The summed E-state index contributed by atoms with van der Waals surface area (Å²) in [4.78, 5) is 13.5. The lowest BCUT2D eigenvalue weighted by atomic mass is 9.99. The number of aryl methyl sites for hydroxylation is 3. The van der Waals surface area contributed by atoms with Crippen LogP contribution in [0.25, 0.3) is 11.0 Å². The van der Waals surface area contributed by atoms with Crippen molar-refractivity contribution in [2.45, 2.75) is 66.0 Å². The quantitative estimate of drug-likeness (QED) is 0.633. The molecule has 0 aliphatic carbocycles. The van der Waals surface area contributed by atoms with Gasteiger partial charge in [0, 0.05) is 28.9 Å². The van der Waals surface area contributed by atoms with Crippen LogP contribution in [0, 0.1) is 20.8 Å². The van der Waals surface area contributed by atoms with Crippen molar-refractivity contribution in [2.24, 2.45) is 0 Å². The number of ether oxygens (including phenoxy) is 1. The Morgan fingerprint density at radius 2 is 1.93 bits per heavy atom. The van der Waals surface area contributed by atoms with Gasteiger partial charge < -0.3 is 20.1 Å². The van der Waals surface area contributed by atoms with Crippen molar-refractivity contribution in [3.8, 4) is 5.75 Å². The maximum atomic E-state index is 10.0. The molecule has 3 aromatic rings. The van der Waals surface area contributed by atoms with E-state index in [-0.39, 0.29) is 5.95 Å². The molecule has 0 aromatic carbocycles. The second-order valence-electron chi connectivity index (χ2n) is 8.36. The smallest absolute Gasteiger partial charge is 0.222 e. The highest BCUT2D eigenvalue weighted by Gasteiger charge is 2.18. The number of hydrogen-bond donors (Lipinski definition) is 2. The van der Waals surface area contributed by atoms with Gasteiger partial charge in [0.1, 0.15) is 11.4 Å². The van der Waals surface area contributed by atoms with Crippen molar-refractivity contribution >= 4 is 17.0 Å². The summed E-state index contributed by atoms with van der Waals surface area (Å²) in [6, 6.07) is 0. The van der Waals surface area contributed by atoms with Gasteiger partial charge in [-0.3, -0.25) is 4.98 Å². The van der Waals surface area contributed by atoms with Gasteiger partial charge in [-0.1, -0.05) is 0 Å². The second kappa shape index (κ2) is 7.99. The molecular weight excluding hydrogens is 366 g/mol.